The van der Waals surface area contributed by atoms with Crippen LogP contribution >= 0.6 is 0 Å². The molecule has 62 heavy (non-hydrogen) atoms. The number of nitrogens with zero attached hydrogens (tertiary/aromatic N) is 5. The van der Waals surface area contributed by atoms with Gasteiger partial charge in [-0.15, -0.1) is 0 Å². The fourth-order valence-corrected chi connectivity index (χ4v) is 9.17. The topological polar surface area (TPSA) is 48.5 Å². The van der Waals surface area contributed by atoms with Crippen molar-refractivity contribution in [3.63, 3.8) is 0 Å². The molecule has 0 aliphatic carbocycles. The van der Waals surface area contributed by atoms with E-state index in [-0.39, 0.29) is 0 Å². The van der Waals surface area contributed by atoms with Crippen LogP contribution in [0.1, 0.15) is 0 Å². The van der Waals surface area contributed by atoms with Gasteiger partial charge in [-0.2, -0.15) is 9.97 Å². The molecule has 0 atom stereocenters. The molecule has 0 amide bonds. The number of rotatable bonds is 7. The van der Waals surface area contributed by atoms with E-state index < -0.39 is 0 Å². The third-order valence-electron chi connectivity index (χ3n) is 12.0. The Kier molecular flexibility index (Phi) is 8.42. The number of para-hydroxylation sites is 4. The molecule has 0 N–H and O–H groups in total. The van der Waals surface area contributed by atoms with Gasteiger partial charge >= 0.3 is 0 Å². The number of benzene rings is 9. The molecule has 3 aromatic heterocycles. The summed E-state index contributed by atoms with van der Waals surface area (Å²) >= 11 is 0. The second-order valence-electron chi connectivity index (χ2n) is 15.6. The van der Waals surface area contributed by atoms with Gasteiger partial charge < -0.3 is 4.57 Å². The van der Waals surface area contributed by atoms with Crippen molar-refractivity contribution < 1.29 is 0 Å². The highest BCUT2D eigenvalue weighted by molar-refractivity contribution is 6.11. The first-order chi connectivity index (χ1) is 30.8. The van der Waals surface area contributed by atoms with E-state index in [4.69, 9.17) is 15.0 Å². The van der Waals surface area contributed by atoms with Crippen LogP contribution in [0, 0.1) is 0 Å². The zero-order valence-electron chi connectivity index (χ0n) is 33.6. The fourth-order valence-electron chi connectivity index (χ4n) is 9.17. The van der Waals surface area contributed by atoms with Crippen LogP contribution in [-0.2, 0) is 0 Å². The second kappa shape index (κ2) is 14.7. The molecule has 0 bridgehead atoms. The molecule has 12 aromatic rings. The summed E-state index contributed by atoms with van der Waals surface area (Å²) in [5.41, 5.74) is 14.0. The van der Waals surface area contributed by atoms with Crippen LogP contribution < -0.4 is 0 Å². The van der Waals surface area contributed by atoms with E-state index in [1.807, 2.05) is 6.07 Å². The van der Waals surface area contributed by atoms with Crippen LogP contribution in [0.4, 0.5) is 0 Å². The van der Waals surface area contributed by atoms with Crippen molar-refractivity contribution in [2.24, 2.45) is 0 Å². The Hall–Kier alpha value is -8.41. The van der Waals surface area contributed by atoms with Gasteiger partial charge in [-0.1, -0.05) is 176 Å². The maximum Gasteiger partial charge on any atom is 0.238 e. The third-order valence-corrected chi connectivity index (χ3v) is 12.0. The minimum absolute atomic E-state index is 0.551. The van der Waals surface area contributed by atoms with Crippen molar-refractivity contribution in [1.82, 2.24) is 24.1 Å². The monoisotopic (exact) mass is 791 g/mol. The molecule has 3 heterocycles. The molecule has 12 rings (SSSR count). The van der Waals surface area contributed by atoms with Crippen LogP contribution in [0.2, 0.25) is 0 Å². The Morgan fingerprint density at radius 1 is 0.258 bits per heavy atom. The van der Waals surface area contributed by atoms with Gasteiger partial charge in [0.05, 0.1) is 27.8 Å². The van der Waals surface area contributed by atoms with Gasteiger partial charge in [0.15, 0.2) is 11.6 Å². The zero-order valence-corrected chi connectivity index (χ0v) is 33.6. The SMILES string of the molecule is c1ccc(-c2cccc(-c3ccc4c(c3)c3ccccc3n4-c3nc(-c4ccccc4-c4ccccc4)nc(-c4ccccc4-n4c5ccccc5c5ccccc54)n3)c2)cc1. The molecule has 290 valence electrons. The van der Waals surface area contributed by atoms with Crippen molar-refractivity contribution >= 4 is 43.6 Å². The molecular weight excluding hydrogens is 755 g/mol. The molecule has 5 heteroatoms. The lowest BCUT2D eigenvalue weighted by Gasteiger charge is -2.16. The molecule has 0 aliphatic rings. The average Bonchev–Trinajstić information content (AvgIpc) is 3.87. The van der Waals surface area contributed by atoms with Crippen molar-refractivity contribution in [2.45, 2.75) is 0 Å². The van der Waals surface area contributed by atoms with Crippen LogP contribution in [0.15, 0.2) is 224 Å². The highest BCUT2D eigenvalue weighted by Crippen LogP contribution is 2.39. The Bertz CT molecular complexity index is 3590. The first kappa shape index (κ1) is 35.5. The lowest BCUT2D eigenvalue weighted by molar-refractivity contribution is 0.952. The molecule has 0 aliphatic heterocycles. The van der Waals surface area contributed by atoms with Gasteiger partial charge in [-0.25, -0.2) is 4.98 Å². The highest BCUT2D eigenvalue weighted by Gasteiger charge is 2.22. The average molecular weight is 792 g/mol. The molecule has 0 radical (unpaired) electrons. The summed E-state index contributed by atoms with van der Waals surface area (Å²) in [6.07, 6.45) is 0. The van der Waals surface area contributed by atoms with Gasteiger partial charge in [0.2, 0.25) is 5.95 Å². The van der Waals surface area contributed by atoms with Crippen LogP contribution in [0.5, 0.6) is 0 Å². The van der Waals surface area contributed by atoms with Gasteiger partial charge in [-0.3, -0.25) is 4.57 Å². The van der Waals surface area contributed by atoms with E-state index in [1.165, 1.54) is 21.9 Å². The largest absolute Gasteiger partial charge is 0.309 e. The number of hydrogen-bond acceptors (Lipinski definition) is 3. The maximum absolute atomic E-state index is 5.46. The summed E-state index contributed by atoms with van der Waals surface area (Å²) in [4.78, 5) is 16.3. The molecule has 5 nitrogen and oxygen atoms in total. The van der Waals surface area contributed by atoms with Crippen molar-refractivity contribution in [3.05, 3.63) is 224 Å². The van der Waals surface area contributed by atoms with E-state index in [9.17, 15) is 0 Å². The van der Waals surface area contributed by atoms with Crippen LogP contribution in [-0.4, -0.2) is 24.1 Å². The van der Waals surface area contributed by atoms with Gasteiger partial charge in [0.1, 0.15) is 0 Å². The minimum Gasteiger partial charge on any atom is -0.309 e. The van der Waals surface area contributed by atoms with Crippen molar-refractivity contribution in [1.29, 1.82) is 0 Å². The second-order valence-corrected chi connectivity index (χ2v) is 15.6. The summed E-state index contributed by atoms with van der Waals surface area (Å²) < 4.78 is 4.55. The number of aromatic nitrogens is 5. The molecule has 0 saturated carbocycles. The molecule has 9 aromatic carbocycles. The quantitative estimate of drug-likeness (QED) is 0.162. The Labute approximate surface area is 358 Å². The Balaban J connectivity index is 1.11. The van der Waals surface area contributed by atoms with Gasteiger partial charge in [0, 0.05) is 32.7 Å². The maximum atomic E-state index is 5.46. The standard InChI is InChI=1S/C57H37N5/c1-3-18-38(19-4-1)40-22-17-23-41(36-40)42-34-35-54-49(37-42)46-27-11-15-32-52(46)62(54)57-59-55(47-28-8-7-24-43(47)39-20-5-2-6-21-39)58-56(60-57)48-29-12-16-33-53(48)61-50-30-13-9-25-44(50)45-26-10-14-31-51(45)61/h1-37H. The van der Waals surface area contributed by atoms with E-state index in [1.54, 1.807) is 0 Å². The summed E-state index contributed by atoms with van der Waals surface area (Å²) in [6, 6.07) is 79.2. The molecular formula is C57H37N5. The Morgan fingerprint density at radius 3 is 1.39 bits per heavy atom. The Morgan fingerprint density at radius 2 is 0.710 bits per heavy atom. The predicted molar refractivity (Wildman–Crippen MR) is 256 cm³/mol. The molecule has 0 saturated heterocycles. The third kappa shape index (κ3) is 5.90. The first-order valence-electron chi connectivity index (χ1n) is 21.0. The van der Waals surface area contributed by atoms with E-state index in [2.05, 4.69) is 228 Å². The van der Waals surface area contributed by atoms with E-state index in [0.29, 0.717) is 17.6 Å². The molecule has 0 unspecified atom stereocenters. The minimum atomic E-state index is 0.551. The lowest BCUT2D eigenvalue weighted by Crippen LogP contribution is -2.08. The van der Waals surface area contributed by atoms with Crippen LogP contribution in [0.3, 0.4) is 0 Å². The zero-order chi connectivity index (χ0) is 41.0. The lowest BCUT2D eigenvalue weighted by atomic mass is 9.98. The highest BCUT2D eigenvalue weighted by atomic mass is 15.2. The van der Waals surface area contributed by atoms with Crippen molar-refractivity contribution in [3.8, 4) is 67.8 Å². The first-order valence-corrected chi connectivity index (χ1v) is 21.0. The van der Waals surface area contributed by atoms with Crippen molar-refractivity contribution in [2.75, 3.05) is 0 Å². The number of hydrogen-bond donors (Lipinski definition) is 0. The van der Waals surface area contributed by atoms with Gasteiger partial charge in [0.25, 0.3) is 0 Å². The summed E-state index contributed by atoms with van der Waals surface area (Å²) in [6.45, 7) is 0. The summed E-state index contributed by atoms with van der Waals surface area (Å²) in [7, 11) is 0. The predicted octanol–water partition coefficient (Wildman–Crippen LogP) is 14.4. The van der Waals surface area contributed by atoms with Gasteiger partial charge in [-0.05, 0) is 81.9 Å². The van der Waals surface area contributed by atoms with E-state index >= 15 is 0 Å². The summed E-state index contributed by atoms with van der Waals surface area (Å²) in [5.74, 6) is 1.74. The fraction of sp³-hybridized carbons (Fsp3) is 0. The molecule has 0 fully saturated rings. The normalized spacial score (nSPS) is 11.5. The summed E-state index contributed by atoms with van der Waals surface area (Å²) in [5, 5.41) is 4.65. The van der Waals surface area contributed by atoms with Crippen LogP contribution in [0.25, 0.3) is 111 Å². The van der Waals surface area contributed by atoms with E-state index in [0.717, 1.165) is 71.9 Å². The smallest absolute Gasteiger partial charge is 0.238 e. The molecule has 0 spiro atoms. The number of fused-ring (bicyclic) bond motifs is 6.